The Morgan fingerprint density at radius 3 is 2.94 bits per heavy atom. The molecule has 0 radical (unpaired) electrons. The standard InChI is InChI=1S/C13H20N2O/c1-16-10-12-4-2-3-5-13(12)15-7-6-11(8-14)9-15/h2-5,11H,6-10,14H2,1H3. The Hall–Kier alpha value is -1.06. The number of methoxy groups -OCH3 is 1. The predicted octanol–water partition coefficient (Wildman–Crippen LogP) is 1.62. The second-order valence-electron chi connectivity index (χ2n) is 4.40. The van der Waals surface area contributed by atoms with Gasteiger partial charge in [-0.15, -0.1) is 0 Å². The SMILES string of the molecule is COCc1ccccc1N1CCC(CN)C1. The first-order valence-electron chi connectivity index (χ1n) is 5.87. The maximum absolute atomic E-state index is 5.72. The Kier molecular flexibility index (Phi) is 3.80. The summed E-state index contributed by atoms with van der Waals surface area (Å²) in [5.74, 6) is 0.649. The Bertz CT molecular complexity index is 340. The first-order chi connectivity index (χ1) is 7.85. The topological polar surface area (TPSA) is 38.5 Å². The quantitative estimate of drug-likeness (QED) is 0.838. The summed E-state index contributed by atoms with van der Waals surface area (Å²) in [4.78, 5) is 2.42. The van der Waals surface area contributed by atoms with Crippen molar-refractivity contribution in [1.82, 2.24) is 0 Å². The Labute approximate surface area is 97.2 Å². The van der Waals surface area contributed by atoms with Gasteiger partial charge in [0.2, 0.25) is 0 Å². The fraction of sp³-hybridized carbons (Fsp3) is 0.538. The van der Waals surface area contributed by atoms with Crippen molar-refractivity contribution in [1.29, 1.82) is 0 Å². The summed E-state index contributed by atoms with van der Waals surface area (Å²) in [5.41, 5.74) is 8.29. The van der Waals surface area contributed by atoms with Gasteiger partial charge in [-0.3, -0.25) is 0 Å². The summed E-state index contributed by atoms with van der Waals surface area (Å²) in [5, 5.41) is 0. The third-order valence-electron chi connectivity index (χ3n) is 3.25. The lowest BCUT2D eigenvalue weighted by atomic mass is 10.1. The van der Waals surface area contributed by atoms with Crippen molar-refractivity contribution < 1.29 is 4.74 Å². The summed E-state index contributed by atoms with van der Waals surface area (Å²) in [6.07, 6.45) is 1.21. The molecular formula is C13H20N2O. The Morgan fingerprint density at radius 2 is 2.25 bits per heavy atom. The van der Waals surface area contributed by atoms with Crippen LogP contribution in [0.4, 0.5) is 5.69 Å². The number of ether oxygens (including phenoxy) is 1. The van der Waals surface area contributed by atoms with E-state index in [0.29, 0.717) is 12.5 Å². The second kappa shape index (κ2) is 5.32. The van der Waals surface area contributed by atoms with Gasteiger partial charge in [0.1, 0.15) is 0 Å². The third kappa shape index (κ3) is 2.36. The van der Waals surface area contributed by atoms with Gasteiger partial charge in [0.15, 0.2) is 0 Å². The molecule has 1 aromatic rings. The number of nitrogens with two attached hydrogens (primary N) is 1. The molecule has 0 aliphatic carbocycles. The smallest absolute Gasteiger partial charge is 0.0733 e. The van der Waals surface area contributed by atoms with E-state index in [4.69, 9.17) is 10.5 Å². The van der Waals surface area contributed by atoms with Crippen LogP contribution >= 0.6 is 0 Å². The summed E-state index contributed by atoms with van der Waals surface area (Å²) in [6, 6.07) is 8.46. The van der Waals surface area contributed by atoms with E-state index in [1.807, 2.05) is 0 Å². The van der Waals surface area contributed by atoms with E-state index in [2.05, 4.69) is 29.2 Å². The highest BCUT2D eigenvalue weighted by molar-refractivity contribution is 5.54. The fourth-order valence-corrected chi connectivity index (χ4v) is 2.34. The second-order valence-corrected chi connectivity index (χ2v) is 4.40. The number of hydrogen-bond acceptors (Lipinski definition) is 3. The molecule has 0 saturated carbocycles. The van der Waals surface area contributed by atoms with E-state index in [0.717, 1.165) is 19.6 Å². The molecule has 1 aliphatic rings. The average Bonchev–Trinajstić information content (AvgIpc) is 2.79. The molecule has 0 amide bonds. The van der Waals surface area contributed by atoms with Gasteiger partial charge in [-0.1, -0.05) is 18.2 Å². The van der Waals surface area contributed by atoms with Crippen LogP contribution in [0.15, 0.2) is 24.3 Å². The molecule has 3 nitrogen and oxygen atoms in total. The van der Waals surface area contributed by atoms with Crippen LogP contribution in [0.1, 0.15) is 12.0 Å². The molecule has 0 aromatic heterocycles. The van der Waals surface area contributed by atoms with Crippen molar-refractivity contribution in [2.45, 2.75) is 13.0 Å². The number of anilines is 1. The lowest BCUT2D eigenvalue weighted by molar-refractivity contribution is 0.185. The zero-order valence-corrected chi connectivity index (χ0v) is 9.86. The maximum Gasteiger partial charge on any atom is 0.0733 e. The van der Waals surface area contributed by atoms with Crippen molar-refractivity contribution in [2.24, 2.45) is 11.7 Å². The molecular weight excluding hydrogens is 200 g/mol. The molecule has 1 atom stereocenters. The van der Waals surface area contributed by atoms with Gasteiger partial charge in [0.05, 0.1) is 6.61 Å². The third-order valence-corrected chi connectivity index (χ3v) is 3.25. The minimum absolute atomic E-state index is 0.649. The first kappa shape index (κ1) is 11.4. The number of benzene rings is 1. The molecule has 1 saturated heterocycles. The number of para-hydroxylation sites is 1. The fourth-order valence-electron chi connectivity index (χ4n) is 2.34. The van der Waals surface area contributed by atoms with Crippen LogP contribution in [0.2, 0.25) is 0 Å². The largest absolute Gasteiger partial charge is 0.380 e. The van der Waals surface area contributed by atoms with Crippen LogP contribution in [-0.4, -0.2) is 26.7 Å². The zero-order valence-electron chi connectivity index (χ0n) is 9.86. The maximum atomic E-state index is 5.72. The highest BCUT2D eigenvalue weighted by Crippen LogP contribution is 2.26. The number of nitrogens with zero attached hydrogens (tertiary/aromatic N) is 1. The van der Waals surface area contributed by atoms with Gasteiger partial charge in [0.25, 0.3) is 0 Å². The molecule has 1 fully saturated rings. The van der Waals surface area contributed by atoms with Crippen LogP contribution in [0.3, 0.4) is 0 Å². The van der Waals surface area contributed by atoms with Gasteiger partial charge in [-0.05, 0) is 24.9 Å². The summed E-state index contributed by atoms with van der Waals surface area (Å²) in [7, 11) is 1.74. The monoisotopic (exact) mass is 220 g/mol. The van der Waals surface area contributed by atoms with Gasteiger partial charge in [-0.2, -0.15) is 0 Å². The molecule has 1 aliphatic heterocycles. The average molecular weight is 220 g/mol. The summed E-state index contributed by atoms with van der Waals surface area (Å²) >= 11 is 0. The lowest BCUT2D eigenvalue weighted by Crippen LogP contribution is -2.23. The molecule has 2 rings (SSSR count). The van der Waals surface area contributed by atoms with Gasteiger partial charge in [0, 0.05) is 31.5 Å². The Morgan fingerprint density at radius 1 is 1.44 bits per heavy atom. The van der Waals surface area contributed by atoms with Gasteiger partial charge >= 0.3 is 0 Å². The predicted molar refractivity (Wildman–Crippen MR) is 66.5 cm³/mol. The van der Waals surface area contributed by atoms with Gasteiger partial charge < -0.3 is 15.4 Å². The van der Waals surface area contributed by atoms with E-state index in [-0.39, 0.29) is 0 Å². The lowest BCUT2D eigenvalue weighted by Gasteiger charge is -2.21. The van der Waals surface area contributed by atoms with E-state index in [1.165, 1.54) is 17.7 Å². The van der Waals surface area contributed by atoms with Crippen molar-refractivity contribution in [3.05, 3.63) is 29.8 Å². The van der Waals surface area contributed by atoms with Crippen LogP contribution in [0, 0.1) is 5.92 Å². The van der Waals surface area contributed by atoms with E-state index < -0.39 is 0 Å². The summed E-state index contributed by atoms with van der Waals surface area (Å²) < 4.78 is 5.23. The molecule has 0 spiro atoms. The first-order valence-corrected chi connectivity index (χ1v) is 5.87. The normalized spacial score (nSPS) is 20.4. The van der Waals surface area contributed by atoms with E-state index in [1.54, 1.807) is 7.11 Å². The molecule has 1 unspecified atom stereocenters. The minimum atomic E-state index is 0.649. The zero-order chi connectivity index (χ0) is 11.4. The van der Waals surface area contributed by atoms with Crippen LogP contribution in [0.5, 0.6) is 0 Å². The highest BCUT2D eigenvalue weighted by Gasteiger charge is 2.22. The van der Waals surface area contributed by atoms with Gasteiger partial charge in [-0.25, -0.2) is 0 Å². The van der Waals surface area contributed by atoms with Crippen molar-refractivity contribution in [2.75, 3.05) is 31.6 Å². The van der Waals surface area contributed by atoms with Crippen molar-refractivity contribution in [3.8, 4) is 0 Å². The number of hydrogen-bond donors (Lipinski definition) is 1. The highest BCUT2D eigenvalue weighted by atomic mass is 16.5. The molecule has 88 valence electrons. The molecule has 1 heterocycles. The molecule has 0 bridgehead atoms. The van der Waals surface area contributed by atoms with Crippen molar-refractivity contribution in [3.63, 3.8) is 0 Å². The Balaban J connectivity index is 2.14. The number of rotatable bonds is 4. The molecule has 2 N–H and O–H groups in total. The van der Waals surface area contributed by atoms with Crippen molar-refractivity contribution >= 4 is 5.69 Å². The van der Waals surface area contributed by atoms with Crippen LogP contribution in [-0.2, 0) is 11.3 Å². The molecule has 16 heavy (non-hydrogen) atoms. The molecule has 1 aromatic carbocycles. The van der Waals surface area contributed by atoms with E-state index >= 15 is 0 Å². The van der Waals surface area contributed by atoms with Crippen LogP contribution < -0.4 is 10.6 Å². The summed E-state index contributed by atoms with van der Waals surface area (Å²) in [6.45, 7) is 3.67. The minimum Gasteiger partial charge on any atom is -0.380 e. The molecule has 3 heteroatoms. The van der Waals surface area contributed by atoms with E-state index in [9.17, 15) is 0 Å². The van der Waals surface area contributed by atoms with Crippen LogP contribution in [0.25, 0.3) is 0 Å².